The Kier molecular flexibility index (Phi) is 4.54. The number of fused-ring (bicyclic) bond motifs is 1. The summed E-state index contributed by atoms with van der Waals surface area (Å²) in [7, 11) is 1.95. The number of ether oxygens (including phenoxy) is 1. The molecule has 132 valence electrons. The number of para-hydroxylation sites is 2. The van der Waals surface area contributed by atoms with Crippen LogP contribution in [0.15, 0.2) is 84.9 Å². The molecule has 0 spiro atoms. The number of esters is 1. The van der Waals surface area contributed by atoms with E-state index in [1.165, 1.54) is 0 Å². The first-order valence-corrected chi connectivity index (χ1v) is 8.68. The molecule has 0 saturated carbocycles. The first-order chi connectivity index (χ1) is 13.2. The monoisotopic (exact) mass is 354 g/mol. The predicted octanol–water partition coefficient (Wildman–Crippen LogP) is 4.93. The smallest absolute Gasteiger partial charge is 0.343 e. The van der Waals surface area contributed by atoms with Gasteiger partial charge in [0.1, 0.15) is 11.6 Å². The van der Waals surface area contributed by atoms with Gasteiger partial charge in [0.2, 0.25) is 0 Å². The zero-order chi connectivity index (χ0) is 18.6. The van der Waals surface area contributed by atoms with Crippen molar-refractivity contribution in [1.82, 2.24) is 9.55 Å². The Morgan fingerprint density at radius 2 is 1.44 bits per heavy atom. The Morgan fingerprint density at radius 3 is 2.11 bits per heavy atom. The molecule has 0 aliphatic heterocycles. The van der Waals surface area contributed by atoms with Crippen LogP contribution in [0, 0.1) is 0 Å². The van der Waals surface area contributed by atoms with E-state index in [0.717, 1.165) is 22.4 Å². The molecule has 1 heterocycles. The van der Waals surface area contributed by atoms with Crippen molar-refractivity contribution in [3.05, 3.63) is 102 Å². The third-order valence-corrected chi connectivity index (χ3v) is 4.35. The summed E-state index contributed by atoms with van der Waals surface area (Å²) in [5.74, 6) is 0.781. The standard InChI is InChI=1S/C23H18N2O2/c1-25-20-15-9-8-14-19(20)24-22(25)16-21(17-10-4-2-5-11-17)27-23(26)18-12-6-3-7-13-18/h2-16H,1H3/b21-16+. The Hall–Kier alpha value is -3.66. The first-order valence-electron chi connectivity index (χ1n) is 8.68. The highest BCUT2D eigenvalue weighted by atomic mass is 16.5. The molecule has 27 heavy (non-hydrogen) atoms. The molecule has 0 amide bonds. The summed E-state index contributed by atoms with van der Waals surface area (Å²) in [5, 5.41) is 0. The van der Waals surface area contributed by atoms with Gasteiger partial charge in [-0.3, -0.25) is 0 Å². The number of imidazole rings is 1. The van der Waals surface area contributed by atoms with E-state index in [1.54, 1.807) is 18.2 Å². The van der Waals surface area contributed by atoms with Crippen molar-refractivity contribution in [3.63, 3.8) is 0 Å². The van der Waals surface area contributed by atoms with Gasteiger partial charge in [-0.2, -0.15) is 0 Å². The van der Waals surface area contributed by atoms with Gasteiger partial charge in [0.05, 0.1) is 16.6 Å². The van der Waals surface area contributed by atoms with E-state index in [0.29, 0.717) is 11.3 Å². The van der Waals surface area contributed by atoms with Crippen LogP contribution in [0.1, 0.15) is 21.7 Å². The van der Waals surface area contributed by atoms with E-state index >= 15 is 0 Å². The Bertz CT molecular complexity index is 1110. The Balaban J connectivity index is 1.77. The van der Waals surface area contributed by atoms with Crippen LogP contribution in [0.25, 0.3) is 22.9 Å². The number of benzene rings is 3. The minimum absolute atomic E-state index is 0.399. The number of hydrogen-bond acceptors (Lipinski definition) is 3. The fraction of sp³-hybridized carbons (Fsp3) is 0.0435. The van der Waals surface area contributed by atoms with Gasteiger partial charge >= 0.3 is 5.97 Å². The molecule has 0 bridgehead atoms. The average molecular weight is 354 g/mol. The molecule has 4 heteroatoms. The second-order valence-electron chi connectivity index (χ2n) is 6.15. The summed E-state index contributed by atoms with van der Waals surface area (Å²) >= 11 is 0. The van der Waals surface area contributed by atoms with Crippen molar-refractivity contribution >= 4 is 28.8 Å². The van der Waals surface area contributed by atoms with Gasteiger partial charge in [-0.05, 0) is 24.3 Å². The third kappa shape index (κ3) is 3.51. The molecule has 0 aliphatic rings. The summed E-state index contributed by atoms with van der Waals surface area (Å²) in [6, 6.07) is 26.4. The number of carbonyl (C=O) groups is 1. The molecule has 0 aliphatic carbocycles. The van der Waals surface area contributed by atoms with Gasteiger partial charge in [-0.1, -0.05) is 60.7 Å². The van der Waals surface area contributed by atoms with Crippen molar-refractivity contribution < 1.29 is 9.53 Å². The first kappa shape index (κ1) is 16.8. The molecule has 4 rings (SSSR count). The lowest BCUT2D eigenvalue weighted by atomic mass is 10.1. The number of carbonyl (C=O) groups excluding carboxylic acids is 1. The summed E-state index contributed by atoms with van der Waals surface area (Å²) in [6.07, 6.45) is 1.80. The highest BCUT2D eigenvalue weighted by Crippen LogP contribution is 2.23. The fourth-order valence-electron chi connectivity index (χ4n) is 2.92. The molecule has 0 atom stereocenters. The second kappa shape index (κ2) is 7.30. The lowest BCUT2D eigenvalue weighted by Gasteiger charge is -2.09. The zero-order valence-electron chi connectivity index (χ0n) is 14.9. The molecule has 0 unspecified atom stereocenters. The van der Waals surface area contributed by atoms with E-state index in [4.69, 9.17) is 4.74 Å². The largest absolute Gasteiger partial charge is 0.422 e. The SMILES string of the molecule is Cn1c(/C=C(/OC(=O)c2ccccc2)c2ccccc2)nc2ccccc21. The van der Waals surface area contributed by atoms with Gasteiger partial charge in [0.25, 0.3) is 0 Å². The van der Waals surface area contributed by atoms with Gasteiger partial charge in [0, 0.05) is 18.7 Å². The van der Waals surface area contributed by atoms with Crippen molar-refractivity contribution in [2.45, 2.75) is 0 Å². The second-order valence-corrected chi connectivity index (χ2v) is 6.15. The molecule has 0 N–H and O–H groups in total. The summed E-state index contributed by atoms with van der Waals surface area (Å²) < 4.78 is 7.73. The number of aryl methyl sites for hydroxylation is 1. The van der Waals surface area contributed by atoms with Crippen LogP contribution in [-0.4, -0.2) is 15.5 Å². The zero-order valence-corrected chi connectivity index (χ0v) is 14.9. The van der Waals surface area contributed by atoms with Crippen molar-refractivity contribution in [2.75, 3.05) is 0 Å². The van der Waals surface area contributed by atoms with E-state index in [1.807, 2.05) is 84.4 Å². The molecular formula is C23H18N2O2. The number of hydrogen-bond donors (Lipinski definition) is 0. The van der Waals surface area contributed by atoms with Gasteiger partial charge in [-0.15, -0.1) is 0 Å². The van der Waals surface area contributed by atoms with Crippen molar-refractivity contribution in [2.24, 2.45) is 7.05 Å². The molecule has 4 nitrogen and oxygen atoms in total. The third-order valence-electron chi connectivity index (χ3n) is 4.35. The minimum Gasteiger partial charge on any atom is -0.422 e. The number of nitrogens with zero attached hydrogens (tertiary/aromatic N) is 2. The molecule has 3 aromatic carbocycles. The van der Waals surface area contributed by atoms with Gasteiger partial charge in [-0.25, -0.2) is 9.78 Å². The highest BCUT2D eigenvalue weighted by molar-refractivity contribution is 5.95. The van der Waals surface area contributed by atoms with Crippen molar-refractivity contribution in [1.29, 1.82) is 0 Å². The van der Waals surface area contributed by atoms with E-state index in [2.05, 4.69) is 4.98 Å². The highest BCUT2D eigenvalue weighted by Gasteiger charge is 2.14. The van der Waals surface area contributed by atoms with Crippen LogP contribution in [0.2, 0.25) is 0 Å². The van der Waals surface area contributed by atoms with Crippen LogP contribution in [-0.2, 0) is 11.8 Å². The van der Waals surface area contributed by atoms with Crippen molar-refractivity contribution in [3.8, 4) is 0 Å². The molecule has 0 saturated heterocycles. The van der Waals surface area contributed by atoms with Crippen LogP contribution in [0.4, 0.5) is 0 Å². The maximum Gasteiger partial charge on any atom is 0.343 e. The maximum absolute atomic E-state index is 12.6. The van der Waals surface area contributed by atoms with Gasteiger partial charge in [0.15, 0.2) is 0 Å². The van der Waals surface area contributed by atoms with Crippen LogP contribution < -0.4 is 0 Å². The Morgan fingerprint density at radius 1 is 0.852 bits per heavy atom. The lowest BCUT2D eigenvalue weighted by Crippen LogP contribution is -2.05. The predicted molar refractivity (Wildman–Crippen MR) is 107 cm³/mol. The van der Waals surface area contributed by atoms with Gasteiger partial charge < -0.3 is 9.30 Å². The number of rotatable bonds is 4. The van der Waals surface area contributed by atoms with Crippen LogP contribution in [0.3, 0.4) is 0 Å². The normalized spacial score (nSPS) is 11.5. The van der Waals surface area contributed by atoms with Crippen LogP contribution >= 0.6 is 0 Å². The molecular weight excluding hydrogens is 336 g/mol. The molecule has 0 radical (unpaired) electrons. The fourth-order valence-corrected chi connectivity index (χ4v) is 2.92. The van der Waals surface area contributed by atoms with E-state index in [9.17, 15) is 4.79 Å². The van der Waals surface area contributed by atoms with E-state index < -0.39 is 5.97 Å². The van der Waals surface area contributed by atoms with Crippen LogP contribution in [0.5, 0.6) is 0 Å². The molecule has 4 aromatic rings. The average Bonchev–Trinajstić information content (AvgIpc) is 3.04. The number of aromatic nitrogens is 2. The van der Waals surface area contributed by atoms with E-state index in [-0.39, 0.29) is 0 Å². The molecule has 0 fully saturated rings. The summed E-state index contributed by atoms with van der Waals surface area (Å²) in [5.41, 5.74) is 3.23. The summed E-state index contributed by atoms with van der Waals surface area (Å²) in [6.45, 7) is 0. The topological polar surface area (TPSA) is 44.1 Å². The summed E-state index contributed by atoms with van der Waals surface area (Å²) in [4.78, 5) is 17.2. The lowest BCUT2D eigenvalue weighted by molar-refractivity contribution is 0.0693. The maximum atomic E-state index is 12.6. The Labute approximate surface area is 157 Å². The minimum atomic E-state index is -0.399. The quantitative estimate of drug-likeness (QED) is 0.386. The molecule has 1 aromatic heterocycles.